The number of aromatic nitrogens is 1. The standard InChI is InChI=1S/C26H30N2O3/c29-17-12-19-10-15-28(16-11-19)18-26(13-14-26)25-23(20-4-2-1-3-5-20)24(27-31-25)21-6-8-22(30)9-7-21/h1-9,19,29-30H,10-18H2. The van der Waals surface area contributed by atoms with E-state index in [2.05, 4.69) is 34.3 Å². The van der Waals surface area contributed by atoms with Gasteiger partial charge in [-0.05, 0) is 80.9 Å². The number of benzene rings is 2. The monoisotopic (exact) mass is 418 g/mol. The normalized spacial score (nSPS) is 18.9. The second-order valence-electron chi connectivity index (χ2n) is 9.16. The average Bonchev–Trinajstić information content (AvgIpc) is 3.43. The van der Waals surface area contributed by atoms with Gasteiger partial charge in [0.1, 0.15) is 11.4 Å². The van der Waals surface area contributed by atoms with E-state index in [1.54, 1.807) is 12.1 Å². The molecule has 2 fully saturated rings. The number of hydrogen-bond acceptors (Lipinski definition) is 5. The van der Waals surface area contributed by atoms with Crippen molar-refractivity contribution < 1.29 is 14.7 Å². The molecule has 162 valence electrons. The molecule has 5 rings (SSSR count). The lowest BCUT2D eigenvalue weighted by Gasteiger charge is -2.34. The van der Waals surface area contributed by atoms with Crippen molar-refractivity contribution >= 4 is 0 Å². The Morgan fingerprint density at radius 2 is 1.68 bits per heavy atom. The number of aromatic hydroxyl groups is 1. The molecule has 31 heavy (non-hydrogen) atoms. The van der Waals surface area contributed by atoms with E-state index in [1.807, 2.05) is 18.2 Å². The lowest BCUT2D eigenvalue weighted by atomic mass is 9.89. The molecule has 0 unspecified atom stereocenters. The summed E-state index contributed by atoms with van der Waals surface area (Å²) in [7, 11) is 0. The molecule has 1 aliphatic heterocycles. The zero-order valence-corrected chi connectivity index (χ0v) is 17.8. The van der Waals surface area contributed by atoms with Gasteiger partial charge in [-0.15, -0.1) is 0 Å². The highest BCUT2D eigenvalue weighted by Gasteiger charge is 2.51. The van der Waals surface area contributed by atoms with Crippen molar-refractivity contribution in [2.45, 2.75) is 37.5 Å². The van der Waals surface area contributed by atoms with Crippen LogP contribution in [0, 0.1) is 5.92 Å². The van der Waals surface area contributed by atoms with Crippen molar-refractivity contribution in [3.63, 3.8) is 0 Å². The van der Waals surface area contributed by atoms with Crippen LogP contribution in [0.2, 0.25) is 0 Å². The summed E-state index contributed by atoms with van der Waals surface area (Å²) in [6, 6.07) is 17.6. The molecule has 2 aromatic carbocycles. The number of aliphatic hydroxyl groups excluding tert-OH is 1. The third kappa shape index (κ3) is 4.12. The number of likely N-dealkylation sites (tertiary alicyclic amines) is 1. The summed E-state index contributed by atoms with van der Waals surface area (Å²) in [5.41, 5.74) is 4.02. The van der Waals surface area contributed by atoms with Crippen LogP contribution in [0.1, 0.15) is 37.9 Å². The number of rotatable bonds is 7. The van der Waals surface area contributed by atoms with Gasteiger partial charge >= 0.3 is 0 Å². The maximum Gasteiger partial charge on any atom is 0.152 e. The zero-order valence-electron chi connectivity index (χ0n) is 17.8. The van der Waals surface area contributed by atoms with E-state index < -0.39 is 0 Å². The lowest BCUT2D eigenvalue weighted by molar-refractivity contribution is 0.144. The molecule has 2 aliphatic rings. The van der Waals surface area contributed by atoms with Gasteiger partial charge in [-0.1, -0.05) is 35.5 Å². The van der Waals surface area contributed by atoms with E-state index in [0.29, 0.717) is 12.5 Å². The first-order valence-corrected chi connectivity index (χ1v) is 11.4. The molecular weight excluding hydrogens is 388 g/mol. The quantitative estimate of drug-likeness (QED) is 0.575. The average molecular weight is 419 g/mol. The Balaban J connectivity index is 1.46. The van der Waals surface area contributed by atoms with Crippen LogP contribution in [0.5, 0.6) is 5.75 Å². The van der Waals surface area contributed by atoms with E-state index >= 15 is 0 Å². The Hall–Kier alpha value is -2.63. The Morgan fingerprint density at radius 3 is 2.32 bits per heavy atom. The van der Waals surface area contributed by atoms with Crippen molar-refractivity contribution in [3.8, 4) is 28.1 Å². The highest BCUT2D eigenvalue weighted by molar-refractivity contribution is 5.83. The molecule has 0 radical (unpaired) electrons. The minimum atomic E-state index is 0.0250. The molecule has 2 heterocycles. The molecule has 2 N–H and O–H groups in total. The zero-order chi connectivity index (χ0) is 21.3. The molecule has 1 aliphatic carbocycles. The third-order valence-corrected chi connectivity index (χ3v) is 7.00. The Morgan fingerprint density at radius 1 is 0.968 bits per heavy atom. The molecule has 1 aromatic heterocycles. The van der Waals surface area contributed by atoms with Gasteiger partial charge in [-0.25, -0.2) is 0 Å². The minimum absolute atomic E-state index is 0.0250. The molecule has 0 bridgehead atoms. The second kappa shape index (κ2) is 8.48. The predicted octanol–water partition coefficient (Wildman–Crippen LogP) is 4.84. The summed E-state index contributed by atoms with van der Waals surface area (Å²) in [5, 5.41) is 23.5. The summed E-state index contributed by atoms with van der Waals surface area (Å²) in [6.45, 7) is 3.48. The SMILES string of the molecule is OCCC1CCN(CC2(c3onc(-c4ccc(O)cc4)c3-c3ccccc3)CC2)CC1. The van der Waals surface area contributed by atoms with Crippen molar-refractivity contribution in [2.75, 3.05) is 26.2 Å². The molecule has 1 saturated heterocycles. The van der Waals surface area contributed by atoms with Crippen LogP contribution >= 0.6 is 0 Å². The molecule has 5 nitrogen and oxygen atoms in total. The molecule has 1 saturated carbocycles. The van der Waals surface area contributed by atoms with Crippen molar-refractivity contribution in [1.29, 1.82) is 0 Å². The fourth-order valence-electron chi connectivity index (χ4n) is 4.99. The predicted molar refractivity (Wildman–Crippen MR) is 121 cm³/mol. The summed E-state index contributed by atoms with van der Waals surface area (Å²) in [4.78, 5) is 2.57. The molecule has 5 heteroatoms. The number of piperidine rings is 1. The fraction of sp³-hybridized carbons (Fsp3) is 0.423. The third-order valence-electron chi connectivity index (χ3n) is 7.00. The van der Waals surface area contributed by atoms with Crippen LogP contribution in [0.4, 0.5) is 0 Å². The summed E-state index contributed by atoms with van der Waals surface area (Å²) < 4.78 is 6.09. The van der Waals surface area contributed by atoms with Gasteiger partial charge in [0, 0.05) is 24.1 Å². The van der Waals surface area contributed by atoms with Crippen LogP contribution in [0.3, 0.4) is 0 Å². The van der Waals surface area contributed by atoms with Gasteiger partial charge in [-0.2, -0.15) is 0 Å². The number of hydrogen-bond donors (Lipinski definition) is 2. The first-order chi connectivity index (χ1) is 15.2. The van der Waals surface area contributed by atoms with Crippen molar-refractivity contribution in [3.05, 3.63) is 60.4 Å². The van der Waals surface area contributed by atoms with E-state index in [4.69, 9.17) is 4.52 Å². The van der Waals surface area contributed by atoms with Crippen LogP contribution < -0.4 is 0 Å². The maximum atomic E-state index is 9.71. The minimum Gasteiger partial charge on any atom is -0.508 e. The molecule has 0 spiro atoms. The Kier molecular flexibility index (Phi) is 5.55. The topological polar surface area (TPSA) is 69.7 Å². The summed E-state index contributed by atoms with van der Waals surface area (Å²) in [6.07, 6.45) is 5.49. The molecule has 3 aromatic rings. The number of nitrogens with zero attached hydrogens (tertiary/aromatic N) is 2. The van der Waals surface area contributed by atoms with Crippen LogP contribution in [0.25, 0.3) is 22.4 Å². The van der Waals surface area contributed by atoms with Crippen LogP contribution in [0.15, 0.2) is 59.1 Å². The van der Waals surface area contributed by atoms with Crippen molar-refractivity contribution in [1.82, 2.24) is 10.1 Å². The van der Waals surface area contributed by atoms with E-state index in [0.717, 1.165) is 79.9 Å². The second-order valence-corrected chi connectivity index (χ2v) is 9.16. The molecule has 0 atom stereocenters. The highest BCUT2D eigenvalue weighted by Crippen LogP contribution is 2.54. The van der Waals surface area contributed by atoms with Crippen LogP contribution in [-0.2, 0) is 5.41 Å². The fourth-order valence-corrected chi connectivity index (χ4v) is 4.99. The number of aliphatic hydroxyl groups is 1. The van der Waals surface area contributed by atoms with E-state index in [1.165, 1.54) is 0 Å². The van der Waals surface area contributed by atoms with E-state index in [-0.39, 0.29) is 11.2 Å². The molecular formula is C26H30N2O3. The van der Waals surface area contributed by atoms with Gasteiger partial charge in [-0.3, -0.25) is 0 Å². The number of phenols is 1. The van der Waals surface area contributed by atoms with Gasteiger partial charge in [0.15, 0.2) is 5.76 Å². The largest absolute Gasteiger partial charge is 0.508 e. The highest BCUT2D eigenvalue weighted by atomic mass is 16.5. The Bertz CT molecular complexity index is 1000. The molecule has 0 amide bonds. The van der Waals surface area contributed by atoms with Gasteiger partial charge in [0.2, 0.25) is 0 Å². The smallest absolute Gasteiger partial charge is 0.152 e. The first kappa shape index (κ1) is 20.3. The maximum absolute atomic E-state index is 9.71. The summed E-state index contributed by atoms with van der Waals surface area (Å²) in [5.74, 6) is 1.90. The van der Waals surface area contributed by atoms with Crippen LogP contribution in [-0.4, -0.2) is 46.5 Å². The van der Waals surface area contributed by atoms with Crippen molar-refractivity contribution in [2.24, 2.45) is 5.92 Å². The van der Waals surface area contributed by atoms with Gasteiger partial charge < -0.3 is 19.6 Å². The number of phenolic OH excluding ortho intramolecular Hbond substituents is 1. The Labute approximate surface area is 183 Å². The van der Waals surface area contributed by atoms with E-state index in [9.17, 15) is 10.2 Å². The summed E-state index contributed by atoms with van der Waals surface area (Å²) >= 11 is 0. The van der Waals surface area contributed by atoms with Gasteiger partial charge in [0.05, 0.1) is 5.56 Å². The first-order valence-electron chi connectivity index (χ1n) is 11.4. The van der Waals surface area contributed by atoms with Gasteiger partial charge in [0.25, 0.3) is 0 Å². The lowest BCUT2D eigenvalue weighted by Crippen LogP contribution is -2.39.